The van der Waals surface area contributed by atoms with Crippen molar-refractivity contribution in [1.29, 1.82) is 0 Å². The molecule has 0 spiro atoms. The van der Waals surface area contributed by atoms with Crippen LogP contribution in [0.25, 0.3) is 85.9 Å². The molecule has 0 radical (unpaired) electrons. The van der Waals surface area contributed by atoms with Crippen molar-refractivity contribution >= 4 is 92.1 Å². The summed E-state index contributed by atoms with van der Waals surface area (Å²) in [7, 11) is 0. The molecule has 0 aliphatic rings. The Labute approximate surface area is 310 Å². The summed E-state index contributed by atoms with van der Waals surface area (Å²) < 4.78 is 9.51. The second kappa shape index (κ2) is 11.9. The van der Waals surface area contributed by atoms with Crippen molar-refractivity contribution in [2.24, 2.45) is 0 Å². The van der Waals surface area contributed by atoms with Crippen LogP contribution in [0.3, 0.4) is 0 Å². The van der Waals surface area contributed by atoms with Crippen LogP contribution in [0, 0.1) is 0 Å². The Kier molecular flexibility index (Phi) is 6.76. The van der Waals surface area contributed by atoms with Crippen LogP contribution in [0.15, 0.2) is 192 Å². The highest BCUT2D eigenvalue weighted by Crippen LogP contribution is 2.46. The van der Waals surface area contributed by atoms with Crippen molar-refractivity contribution in [3.8, 4) is 22.3 Å². The second-order valence-electron chi connectivity index (χ2n) is 13.7. The number of furan rings is 1. The zero-order chi connectivity index (χ0) is 34.9. The van der Waals surface area contributed by atoms with E-state index in [9.17, 15) is 0 Å². The lowest BCUT2D eigenvalue weighted by molar-refractivity contribution is 0.670. The molecule has 0 aliphatic carbocycles. The van der Waals surface area contributed by atoms with Gasteiger partial charge in [0.25, 0.3) is 0 Å². The van der Waals surface area contributed by atoms with Crippen molar-refractivity contribution in [3.63, 3.8) is 0 Å². The molecule has 0 atom stereocenters. The quantitative estimate of drug-likeness (QED) is 0.167. The van der Waals surface area contributed by atoms with Gasteiger partial charge in [-0.25, -0.2) is 0 Å². The molecular formula is C50H31NOS. The van der Waals surface area contributed by atoms with Crippen molar-refractivity contribution in [1.82, 2.24) is 0 Å². The van der Waals surface area contributed by atoms with E-state index in [1.165, 1.54) is 52.8 Å². The Morgan fingerprint density at radius 2 is 1.00 bits per heavy atom. The van der Waals surface area contributed by atoms with Crippen LogP contribution in [-0.4, -0.2) is 0 Å². The minimum absolute atomic E-state index is 0.869. The van der Waals surface area contributed by atoms with Gasteiger partial charge < -0.3 is 9.32 Å². The molecule has 248 valence electrons. The van der Waals surface area contributed by atoms with Crippen LogP contribution in [0.1, 0.15) is 0 Å². The standard InChI is InChI=1S/C50H31NOS/c1-2-10-33(11-3-1)41-15-8-16-44-45-17-9-18-46(50(45)52-49(41)44)51(38-27-29-43-42-14-6-7-19-47(42)53-48(43)31-38)37-25-22-32(23-26-37)35-24-28-40-36(30-35)21-20-34-12-4-5-13-39(34)40/h1-31H. The molecule has 0 amide bonds. The first-order chi connectivity index (χ1) is 26.3. The number of thiophene rings is 1. The van der Waals surface area contributed by atoms with E-state index >= 15 is 0 Å². The highest BCUT2D eigenvalue weighted by molar-refractivity contribution is 7.25. The topological polar surface area (TPSA) is 16.4 Å². The predicted octanol–water partition coefficient (Wildman–Crippen LogP) is 15.1. The molecule has 11 aromatic rings. The molecule has 9 aromatic carbocycles. The maximum absolute atomic E-state index is 6.95. The Morgan fingerprint density at radius 3 is 1.89 bits per heavy atom. The Bertz CT molecular complexity index is 3170. The molecular weight excluding hydrogens is 663 g/mol. The summed E-state index contributed by atoms with van der Waals surface area (Å²) in [5, 5.41) is 9.87. The summed E-state index contributed by atoms with van der Waals surface area (Å²) in [4.78, 5) is 2.35. The van der Waals surface area contributed by atoms with Crippen LogP contribution >= 0.6 is 11.3 Å². The monoisotopic (exact) mass is 693 g/mol. The lowest BCUT2D eigenvalue weighted by Crippen LogP contribution is -2.10. The number of para-hydroxylation sites is 2. The molecule has 0 saturated carbocycles. The molecule has 3 heteroatoms. The number of benzene rings is 9. The molecule has 11 rings (SSSR count). The number of fused-ring (bicyclic) bond motifs is 9. The molecule has 0 fully saturated rings. The van der Waals surface area contributed by atoms with E-state index in [4.69, 9.17) is 4.42 Å². The summed E-state index contributed by atoms with van der Waals surface area (Å²) in [5.41, 5.74) is 9.54. The number of anilines is 3. The number of hydrogen-bond donors (Lipinski definition) is 0. The predicted molar refractivity (Wildman–Crippen MR) is 227 cm³/mol. The summed E-state index contributed by atoms with van der Waals surface area (Å²) in [6.45, 7) is 0. The van der Waals surface area contributed by atoms with Gasteiger partial charge in [0.15, 0.2) is 5.58 Å². The maximum atomic E-state index is 6.95. The Hall–Kier alpha value is -6.68. The van der Waals surface area contributed by atoms with Crippen LogP contribution in [-0.2, 0) is 0 Å². The Morgan fingerprint density at radius 1 is 0.358 bits per heavy atom. The fourth-order valence-electron chi connectivity index (χ4n) is 8.10. The van der Waals surface area contributed by atoms with Crippen LogP contribution < -0.4 is 4.90 Å². The molecule has 0 bridgehead atoms. The van der Waals surface area contributed by atoms with Crippen LogP contribution in [0.4, 0.5) is 17.1 Å². The van der Waals surface area contributed by atoms with E-state index in [2.05, 4.69) is 193 Å². The maximum Gasteiger partial charge on any atom is 0.159 e. The average molecular weight is 694 g/mol. The highest BCUT2D eigenvalue weighted by Gasteiger charge is 2.21. The molecule has 2 aromatic heterocycles. The van der Waals surface area contributed by atoms with E-state index in [0.717, 1.165) is 50.1 Å². The van der Waals surface area contributed by atoms with Crippen molar-refractivity contribution in [2.75, 3.05) is 4.90 Å². The summed E-state index contributed by atoms with van der Waals surface area (Å²) in [5.74, 6) is 0. The molecule has 0 N–H and O–H groups in total. The lowest BCUT2D eigenvalue weighted by atomic mass is 9.97. The zero-order valence-corrected chi connectivity index (χ0v) is 29.5. The Balaban J connectivity index is 1.08. The number of rotatable bonds is 5. The van der Waals surface area contributed by atoms with Gasteiger partial charge in [-0.15, -0.1) is 11.3 Å². The van der Waals surface area contributed by atoms with Gasteiger partial charge in [-0.2, -0.15) is 0 Å². The van der Waals surface area contributed by atoms with Gasteiger partial charge in [-0.3, -0.25) is 0 Å². The molecule has 0 unspecified atom stereocenters. The van der Waals surface area contributed by atoms with E-state index < -0.39 is 0 Å². The fourth-order valence-corrected chi connectivity index (χ4v) is 9.24. The molecule has 0 aliphatic heterocycles. The average Bonchev–Trinajstić information content (AvgIpc) is 3.80. The largest absolute Gasteiger partial charge is 0.453 e. The fraction of sp³-hybridized carbons (Fsp3) is 0. The van der Waals surface area contributed by atoms with E-state index in [0.29, 0.717) is 0 Å². The van der Waals surface area contributed by atoms with Gasteiger partial charge in [0.05, 0.1) is 5.69 Å². The third-order valence-electron chi connectivity index (χ3n) is 10.7. The third kappa shape index (κ3) is 4.86. The minimum atomic E-state index is 0.869. The summed E-state index contributed by atoms with van der Waals surface area (Å²) >= 11 is 1.84. The number of nitrogens with zero attached hydrogens (tertiary/aromatic N) is 1. The van der Waals surface area contributed by atoms with Gasteiger partial charge >= 0.3 is 0 Å². The third-order valence-corrected chi connectivity index (χ3v) is 11.8. The zero-order valence-electron chi connectivity index (χ0n) is 28.7. The first-order valence-electron chi connectivity index (χ1n) is 18.0. The minimum Gasteiger partial charge on any atom is -0.453 e. The van der Waals surface area contributed by atoms with Gasteiger partial charge in [-0.1, -0.05) is 146 Å². The first kappa shape index (κ1) is 30.0. The molecule has 0 saturated heterocycles. The van der Waals surface area contributed by atoms with E-state index in [1.54, 1.807) is 0 Å². The normalized spacial score (nSPS) is 11.8. The van der Waals surface area contributed by atoms with Crippen molar-refractivity contribution in [3.05, 3.63) is 188 Å². The van der Waals surface area contributed by atoms with Crippen LogP contribution in [0.2, 0.25) is 0 Å². The van der Waals surface area contributed by atoms with Crippen molar-refractivity contribution < 1.29 is 4.42 Å². The van der Waals surface area contributed by atoms with Crippen LogP contribution in [0.5, 0.6) is 0 Å². The molecule has 2 heterocycles. The summed E-state index contributed by atoms with van der Waals surface area (Å²) in [6.07, 6.45) is 0. The molecule has 2 nitrogen and oxygen atoms in total. The van der Waals surface area contributed by atoms with Gasteiger partial charge in [0.2, 0.25) is 0 Å². The number of hydrogen-bond acceptors (Lipinski definition) is 3. The lowest BCUT2D eigenvalue weighted by Gasteiger charge is -2.26. The summed E-state index contributed by atoms with van der Waals surface area (Å²) in [6, 6.07) is 67.9. The second-order valence-corrected chi connectivity index (χ2v) is 14.8. The van der Waals surface area contributed by atoms with E-state index in [-0.39, 0.29) is 0 Å². The SMILES string of the molecule is c1ccc(-c2cccc3c2oc2c(N(c4ccc(-c5ccc6c(ccc7ccccc76)c5)cc4)c4ccc5c(c4)sc4ccccc45)cccc23)cc1. The van der Waals surface area contributed by atoms with Gasteiger partial charge in [0, 0.05) is 47.9 Å². The molecule has 53 heavy (non-hydrogen) atoms. The smallest absolute Gasteiger partial charge is 0.159 e. The first-order valence-corrected chi connectivity index (χ1v) is 18.8. The van der Waals surface area contributed by atoms with Crippen molar-refractivity contribution in [2.45, 2.75) is 0 Å². The van der Waals surface area contributed by atoms with Gasteiger partial charge in [-0.05, 0) is 80.7 Å². The highest BCUT2D eigenvalue weighted by atomic mass is 32.1. The van der Waals surface area contributed by atoms with Gasteiger partial charge in [0.1, 0.15) is 5.58 Å². The van der Waals surface area contributed by atoms with E-state index in [1.807, 2.05) is 11.3 Å².